The topological polar surface area (TPSA) is 56.2 Å². The number of likely N-dealkylation sites (tertiary alicyclic amines) is 1. The van der Waals surface area contributed by atoms with E-state index in [2.05, 4.69) is 67.0 Å². The first kappa shape index (κ1) is 25.8. The molecule has 204 valence electrons. The summed E-state index contributed by atoms with van der Waals surface area (Å²) in [5, 5.41) is 20.8. The van der Waals surface area contributed by atoms with E-state index in [-0.39, 0.29) is 17.5 Å². The van der Waals surface area contributed by atoms with E-state index in [0.29, 0.717) is 18.7 Å². The van der Waals surface area contributed by atoms with Gasteiger partial charge in [-0.25, -0.2) is 0 Å². The number of allylic oxidation sites excluding steroid dienone is 1. The number of aromatic hydroxyl groups is 2. The molecule has 1 unspecified atom stereocenters. The van der Waals surface area contributed by atoms with Crippen LogP contribution in [0.1, 0.15) is 69.2 Å². The van der Waals surface area contributed by atoms with Gasteiger partial charge in [0.1, 0.15) is 23.9 Å². The highest BCUT2D eigenvalue weighted by molar-refractivity contribution is 6.00. The van der Waals surface area contributed by atoms with Crippen molar-refractivity contribution >= 4 is 16.8 Å². The minimum absolute atomic E-state index is 0.00629. The summed E-state index contributed by atoms with van der Waals surface area (Å²) in [5.74, 6) is 2.20. The van der Waals surface area contributed by atoms with Crippen LogP contribution in [0.15, 0.2) is 66.7 Å². The molecule has 0 amide bonds. The molecule has 3 aliphatic rings. The van der Waals surface area contributed by atoms with Gasteiger partial charge in [0.2, 0.25) is 0 Å². The third-order valence-corrected chi connectivity index (χ3v) is 9.01. The van der Waals surface area contributed by atoms with Crippen molar-refractivity contribution in [2.45, 2.75) is 64.6 Å². The molecule has 0 bridgehead atoms. The summed E-state index contributed by atoms with van der Waals surface area (Å²) in [6, 6.07) is 22.8. The zero-order chi connectivity index (χ0) is 27.1. The number of benzene rings is 3. The van der Waals surface area contributed by atoms with Gasteiger partial charge in [-0.15, -0.1) is 0 Å². The van der Waals surface area contributed by atoms with Crippen LogP contribution >= 0.6 is 0 Å². The summed E-state index contributed by atoms with van der Waals surface area (Å²) in [6.07, 6.45) is 4.80. The molecule has 1 aliphatic carbocycles. The summed E-state index contributed by atoms with van der Waals surface area (Å²) in [7, 11) is 0. The monoisotopic (exact) mass is 524 g/mol. The average Bonchev–Trinajstić information content (AvgIpc) is 3.34. The fraction of sp³-hybridized carbons (Fsp3) is 0.412. The maximum absolute atomic E-state index is 10.4. The van der Waals surface area contributed by atoms with E-state index < -0.39 is 0 Å². The molecule has 2 heterocycles. The van der Waals surface area contributed by atoms with E-state index in [1.807, 2.05) is 18.2 Å². The Kier molecular flexibility index (Phi) is 7.03. The third kappa shape index (κ3) is 5.00. The number of anilines is 1. The predicted octanol–water partition coefficient (Wildman–Crippen LogP) is 7.25. The Hall–Kier alpha value is -3.44. The Morgan fingerprint density at radius 3 is 2.38 bits per heavy atom. The Morgan fingerprint density at radius 1 is 0.949 bits per heavy atom. The number of hydrogen-bond donors (Lipinski definition) is 2. The van der Waals surface area contributed by atoms with Gasteiger partial charge in [0.05, 0.1) is 6.04 Å². The van der Waals surface area contributed by atoms with Crippen molar-refractivity contribution in [3.8, 4) is 17.2 Å². The standard InChI is InChI=1S/C34H40N2O3/c1-22-16-17-35(20-22)23(2)21-39-30-13-10-25(11-14-30)34-33(26-6-4-9-28(37)18-26)24(3)31-19-29(38)12-15-32(31)36(34)27-7-5-8-27/h4,6,9-15,18-19,22-23,27,34,37-38H,5,7-8,16-17,20-21H2,1-3H3/t22-,23+,34?/m1/s1. The van der Waals surface area contributed by atoms with E-state index in [1.165, 1.54) is 24.0 Å². The van der Waals surface area contributed by atoms with Crippen LogP contribution in [0.4, 0.5) is 5.69 Å². The van der Waals surface area contributed by atoms with Crippen molar-refractivity contribution in [1.29, 1.82) is 0 Å². The van der Waals surface area contributed by atoms with Crippen LogP contribution in [0, 0.1) is 5.92 Å². The number of hydrogen-bond acceptors (Lipinski definition) is 5. The SMILES string of the molecule is CC1=C(c2cccc(O)c2)C(c2ccc(OC[C@H](C)N3CC[C@@H](C)C3)cc2)N(C2CCC2)c2ccc(O)cc21. The first-order valence-corrected chi connectivity index (χ1v) is 14.5. The molecule has 1 saturated carbocycles. The van der Waals surface area contributed by atoms with Crippen LogP contribution in [0.2, 0.25) is 0 Å². The lowest BCUT2D eigenvalue weighted by atomic mass is 9.78. The van der Waals surface area contributed by atoms with Crippen LogP contribution in [-0.2, 0) is 0 Å². The van der Waals surface area contributed by atoms with Crippen LogP contribution in [0.5, 0.6) is 17.2 Å². The van der Waals surface area contributed by atoms with Crippen molar-refractivity contribution < 1.29 is 14.9 Å². The number of ether oxygens (including phenoxy) is 1. The van der Waals surface area contributed by atoms with Gasteiger partial charge < -0.3 is 19.8 Å². The molecule has 1 saturated heterocycles. The molecule has 6 rings (SSSR count). The minimum atomic E-state index is -0.00629. The molecule has 39 heavy (non-hydrogen) atoms. The van der Waals surface area contributed by atoms with Gasteiger partial charge >= 0.3 is 0 Å². The molecule has 3 aromatic carbocycles. The van der Waals surface area contributed by atoms with Crippen molar-refractivity contribution in [2.24, 2.45) is 5.92 Å². The molecule has 2 fully saturated rings. The normalized spacial score (nSPS) is 22.5. The highest BCUT2D eigenvalue weighted by Gasteiger charge is 2.39. The fourth-order valence-electron chi connectivity index (χ4n) is 6.56. The van der Waals surface area contributed by atoms with Crippen molar-refractivity contribution in [3.05, 3.63) is 83.4 Å². The maximum Gasteiger partial charge on any atom is 0.119 e. The lowest BCUT2D eigenvalue weighted by Crippen LogP contribution is -2.45. The minimum Gasteiger partial charge on any atom is -0.508 e. The van der Waals surface area contributed by atoms with Crippen LogP contribution in [0.25, 0.3) is 11.1 Å². The molecule has 5 heteroatoms. The number of phenols is 2. The summed E-state index contributed by atoms with van der Waals surface area (Å²) < 4.78 is 6.25. The largest absolute Gasteiger partial charge is 0.508 e. The Labute approximate surface area is 232 Å². The summed E-state index contributed by atoms with van der Waals surface area (Å²) in [5.41, 5.74) is 6.72. The van der Waals surface area contributed by atoms with E-state index in [1.54, 1.807) is 12.1 Å². The smallest absolute Gasteiger partial charge is 0.119 e. The van der Waals surface area contributed by atoms with Crippen molar-refractivity contribution in [3.63, 3.8) is 0 Å². The average molecular weight is 525 g/mol. The number of fused-ring (bicyclic) bond motifs is 1. The molecule has 2 aliphatic heterocycles. The zero-order valence-corrected chi connectivity index (χ0v) is 23.3. The Morgan fingerprint density at radius 2 is 1.72 bits per heavy atom. The molecule has 0 spiro atoms. The number of rotatable bonds is 7. The van der Waals surface area contributed by atoms with Crippen molar-refractivity contribution in [1.82, 2.24) is 4.90 Å². The van der Waals surface area contributed by atoms with E-state index in [9.17, 15) is 10.2 Å². The molecular formula is C34H40N2O3. The van der Waals surface area contributed by atoms with E-state index in [4.69, 9.17) is 4.74 Å². The molecule has 3 atom stereocenters. The summed E-state index contributed by atoms with van der Waals surface area (Å²) >= 11 is 0. The Balaban J connectivity index is 1.36. The fourth-order valence-corrected chi connectivity index (χ4v) is 6.56. The van der Waals surface area contributed by atoms with Gasteiger partial charge in [-0.1, -0.05) is 31.2 Å². The van der Waals surface area contributed by atoms with Crippen LogP contribution in [0.3, 0.4) is 0 Å². The zero-order valence-electron chi connectivity index (χ0n) is 23.3. The second kappa shape index (κ2) is 10.6. The van der Waals surface area contributed by atoms with Gasteiger partial charge in [0.15, 0.2) is 0 Å². The maximum atomic E-state index is 10.4. The second-order valence-electron chi connectivity index (χ2n) is 11.8. The number of phenolic OH excluding ortho intramolecular Hbond substituents is 2. The third-order valence-electron chi connectivity index (χ3n) is 9.01. The lowest BCUT2D eigenvalue weighted by molar-refractivity contribution is 0.169. The van der Waals surface area contributed by atoms with Gasteiger partial charge in [0, 0.05) is 29.9 Å². The summed E-state index contributed by atoms with van der Waals surface area (Å²) in [6.45, 7) is 9.73. The van der Waals surface area contributed by atoms with Gasteiger partial charge in [-0.2, -0.15) is 0 Å². The molecular weight excluding hydrogens is 484 g/mol. The Bertz CT molecular complexity index is 1360. The second-order valence-corrected chi connectivity index (χ2v) is 11.8. The first-order chi connectivity index (χ1) is 18.9. The van der Waals surface area contributed by atoms with Gasteiger partial charge in [-0.3, -0.25) is 4.90 Å². The van der Waals surface area contributed by atoms with Crippen LogP contribution < -0.4 is 9.64 Å². The van der Waals surface area contributed by atoms with Gasteiger partial charge in [0.25, 0.3) is 0 Å². The van der Waals surface area contributed by atoms with Gasteiger partial charge in [-0.05, 0) is 117 Å². The molecule has 5 nitrogen and oxygen atoms in total. The molecule has 2 N–H and O–H groups in total. The highest BCUT2D eigenvalue weighted by Crippen LogP contribution is 2.52. The first-order valence-electron chi connectivity index (χ1n) is 14.5. The predicted molar refractivity (Wildman–Crippen MR) is 158 cm³/mol. The van der Waals surface area contributed by atoms with Crippen LogP contribution in [-0.4, -0.2) is 46.9 Å². The number of nitrogens with zero attached hydrogens (tertiary/aromatic N) is 2. The summed E-state index contributed by atoms with van der Waals surface area (Å²) in [4.78, 5) is 5.08. The van der Waals surface area contributed by atoms with Crippen molar-refractivity contribution in [2.75, 3.05) is 24.6 Å². The van der Waals surface area contributed by atoms with E-state index in [0.717, 1.165) is 60.0 Å². The lowest BCUT2D eigenvalue weighted by Gasteiger charge is -2.49. The highest BCUT2D eigenvalue weighted by atomic mass is 16.5. The molecule has 0 radical (unpaired) electrons. The quantitative estimate of drug-likeness (QED) is 0.341. The molecule has 3 aromatic rings. The van der Waals surface area contributed by atoms with E-state index >= 15 is 0 Å². The molecule has 0 aromatic heterocycles.